The molecule has 1 aliphatic heterocycles. The van der Waals surface area contributed by atoms with Gasteiger partial charge in [0.05, 0.1) is 11.8 Å². The Morgan fingerprint density at radius 3 is 2.70 bits per heavy atom. The van der Waals surface area contributed by atoms with Crippen molar-refractivity contribution in [2.75, 3.05) is 13.0 Å². The molecule has 1 saturated carbocycles. The van der Waals surface area contributed by atoms with Gasteiger partial charge in [0.15, 0.2) is 32.9 Å². The van der Waals surface area contributed by atoms with E-state index < -0.39 is 15.6 Å². The van der Waals surface area contributed by atoms with E-state index in [1.165, 1.54) is 18.3 Å². The Morgan fingerprint density at radius 2 is 2.00 bits per heavy atom. The zero-order valence-electron chi connectivity index (χ0n) is 12.2. The van der Waals surface area contributed by atoms with E-state index in [9.17, 15) is 13.2 Å². The smallest absolute Gasteiger partial charge is 0.231 e. The molecule has 2 aromatic rings. The summed E-state index contributed by atoms with van der Waals surface area (Å²) in [5.41, 5.74) is 0.345. The van der Waals surface area contributed by atoms with Crippen molar-refractivity contribution in [3.05, 3.63) is 35.2 Å². The predicted octanol–water partition coefficient (Wildman–Crippen LogP) is 1.92. The molecule has 0 bridgehead atoms. The van der Waals surface area contributed by atoms with Gasteiger partial charge in [-0.15, -0.1) is 0 Å². The number of ketones is 1. The lowest BCUT2D eigenvalue weighted by atomic mass is 10.0. The number of carbonyl (C=O) groups excluding carboxylic acids is 1. The van der Waals surface area contributed by atoms with E-state index in [0.29, 0.717) is 17.1 Å². The van der Waals surface area contributed by atoms with Gasteiger partial charge in [-0.05, 0) is 25.0 Å². The minimum atomic E-state index is -3.69. The van der Waals surface area contributed by atoms with E-state index in [1.54, 1.807) is 0 Å². The number of rotatable bonds is 4. The zero-order valence-corrected chi connectivity index (χ0v) is 13.1. The molecule has 1 aliphatic carbocycles. The number of aromatic nitrogens is 1. The molecule has 120 valence electrons. The van der Waals surface area contributed by atoms with E-state index in [4.69, 9.17) is 14.0 Å². The van der Waals surface area contributed by atoms with Crippen LogP contribution in [0.25, 0.3) is 0 Å². The van der Waals surface area contributed by atoms with E-state index in [0.717, 1.165) is 19.1 Å². The van der Waals surface area contributed by atoms with Crippen LogP contribution in [-0.2, 0) is 9.84 Å². The van der Waals surface area contributed by atoms with E-state index >= 15 is 0 Å². The normalized spacial score (nSPS) is 16.6. The highest BCUT2D eigenvalue weighted by Crippen LogP contribution is 2.44. The second-order valence-corrected chi connectivity index (χ2v) is 7.61. The Labute approximate surface area is 132 Å². The van der Waals surface area contributed by atoms with Gasteiger partial charge in [0, 0.05) is 17.7 Å². The Kier molecular flexibility index (Phi) is 2.99. The molecule has 4 rings (SSSR count). The second-order valence-electron chi connectivity index (χ2n) is 5.66. The van der Waals surface area contributed by atoms with Crippen LogP contribution in [0.1, 0.15) is 40.4 Å². The number of fused-ring (bicyclic) bond motifs is 1. The number of nitrogens with zero attached hydrogens (tertiary/aromatic N) is 1. The molecule has 1 aromatic heterocycles. The molecule has 0 N–H and O–H groups in total. The van der Waals surface area contributed by atoms with Gasteiger partial charge in [0.25, 0.3) is 0 Å². The predicted molar refractivity (Wildman–Crippen MR) is 77.6 cm³/mol. The van der Waals surface area contributed by atoms with Crippen molar-refractivity contribution in [3.8, 4) is 11.5 Å². The fourth-order valence-electron chi connectivity index (χ4n) is 2.70. The van der Waals surface area contributed by atoms with Gasteiger partial charge in [0.2, 0.25) is 6.79 Å². The maximum absolute atomic E-state index is 12.9. The van der Waals surface area contributed by atoms with Crippen molar-refractivity contribution in [1.29, 1.82) is 0 Å². The van der Waals surface area contributed by atoms with Gasteiger partial charge in [-0.25, -0.2) is 8.42 Å². The molecule has 0 atom stereocenters. The van der Waals surface area contributed by atoms with E-state index in [1.807, 2.05) is 0 Å². The van der Waals surface area contributed by atoms with Gasteiger partial charge in [0.1, 0.15) is 4.90 Å². The number of hydrogen-bond acceptors (Lipinski definition) is 7. The number of benzene rings is 1. The summed E-state index contributed by atoms with van der Waals surface area (Å²) in [4.78, 5) is 12.7. The van der Waals surface area contributed by atoms with Crippen LogP contribution >= 0.6 is 0 Å². The molecule has 2 aliphatic rings. The van der Waals surface area contributed by atoms with Crippen LogP contribution in [0.4, 0.5) is 0 Å². The lowest BCUT2D eigenvalue weighted by Crippen LogP contribution is -2.11. The molecule has 0 amide bonds. The first-order valence-corrected chi connectivity index (χ1v) is 8.98. The Bertz CT molecular complexity index is 910. The van der Waals surface area contributed by atoms with Crippen molar-refractivity contribution in [2.24, 2.45) is 0 Å². The zero-order chi connectivity index (χ0) is 16.2. The Balaban J connectivity index is 1.89. The fraction of sp³-hybridized carbons (Fsp3) is 0.333. The van der Waals surface area contributed by atoms with Gasteiger partial charge in [-0.1, -0.05) is 5.16 Å². The van der Waals surface area contributed by atoms with Crippen molar-refractivity contribution < 1.29 is 27.2 Å². The first-order chi connectivity index (χ1) is 11.0. The van der Waals surface area contributed by atoms with Crippen LogP contribution < -0.4 is 9.47 Å². The minimum absolute atomic E-state index is 0.0434. The molecule has 1 aromatic carbocycles. The van der Waals surface area contributed by atoms with Crippen molar-refractivity contribution in [2.45, 2.75) is 23.7 Å². The maximum atomic E-state index is 12.9. The summed E-state index contributed by atoms with van der Waals surface area (Å²) in [6.45, 7) is -0.0733. The number of hydrogen-bond donors (Lipinski definition) is 0. The molecule has 23 heavy (non-hydrogen) atoms. The molecule has 7 nitrogen and oxygen atoms in total. The third kappa shape index (κ3) is 2.29. The topological polar surface area (TPSA) is 95.7 Å². The first-order valence-electron chi connectivity index (χ1n) is 7.08. The fourth-order valence-corrected chi connectivity index (χ4v) is 3.75. The second kappa shape index (κ2) is 4.82. The highest BCUT2D eigenvalue weighted by molar-refractivity contribution is 7.91. The molecule has 0 saturated heterocycles. The highest BCUT2D eigenvalue weighted by atomic mass is 32.2. The minimum Gasteiger partial charge on any atom is -0.454 e. The Hall–Kier alpha value is -2.35. The highest BCUT2D eigenvalue weighted by Gasteiger charge is 2.35. The largest absolute Gasteiger partial charge is 0.454 e. The average Bonchev–Trinajstić information content (AvgIpc) is 3.04. The lowest BCUT2D eigenvalue weighted by Gasteiger charge is -2.09. The lowest BCUT2D eigenvalue weighted by molar-refractivity contribution is 0.103. The summed E-state index contributed by atoms with van der Waals surface area (Å²) >= 11 is 0. The molecular weight excluding hydrogens is 322 g/mol. The summed E-state index contributed by atoms with van der Waals surface area (Å²) in [6, 6.07) is 2.98. The van der Waals surface area contributed by atoms with Crippen LogP contribution in [0.2, 0.25) is 0 Å². The van der Waals surface area contributed by atoms with Crippen LogP contribution in [0.5, 0.6) is 11.5 Å². The molecular formula is C15H13NO6S. The van der Waals surface area contributed by atoms with Gasteiger partial charge >= 0.3 is 0 Å². The van der Waals surface area contributed by atoms with Gasteiger partial charge in [-0.2, -0.15) is 0 Å². The third-order valence-corrected chi connectivity index (χ3v) is 5.05. The quantitative estimate of drug-likeness (QED) is 0.788. The van der Waals surface area contributed by atoms with Crippen molar-refractivity contribution >= 4 is 15.6 Å². The van der Waals surface area contributed by atoms with E-state index in [-0.39, 0.29) is 28.9 Å². The molecule has 1 fully saturated rings. The van der Waals surface area contributed by atoms with Crippen molar-refractivity contribution in [3.63, 3.8) is 0 Å². The molecule has 0 radical (unpaired) electrons. The summed E-state index contributed by atoms with van der Waals surface area (Å²) in [5.74, 6) is 0.670. The summed E-state index contributed by atoms with van der Waals surface area (Å²) in [6.07, 6.45) is 4.26. The van der Waals surface area contributed by atoms with Gasteiger partial charge < -0.3 is 14.0 Å². The summed E-state index contributed by atoms with van der Waals surface area (Å²) < 4.78 is 40.0. The average molecular weight is 335 g/mol. The van der Waals surface area contributed by atoms with Crippen LogP contribution in [0.3, 0.4) is 0 Å². The van der Waals surface area contributed by atoms with Crippen LogP contribution in [0.15, 0.2) is 27.7 Å². The SMILES string of the molecule is CS(=O)(=O)c1c(C(=O)c2cnoc2C2CC2)ccc2c1OCO2. The monoisotopic (exact) mass is 335 g/mol. The number of carbonyl (C=O) groups is 1. The molecule has 0 spiro atoms. The number of sulfone groups is 1. The van der Waals surface area contributed by atoms with E-state index in [2.05, 4.69) is 5.16 Å². The summed E-state index contributed by atoms with van der Waals surface area (Å²) in [5, 5.41) is 3.69. The first kappa shape index (κ1) is 14.3. The third-order valence-electron chi connectivity index (χ3n) is 3.90. The van der Waals surface area contributed by atoms with Crippen LogP contribution in [-0.4, -0.2) is 32.4 Å². The molecule has 2 heterocycles. The van der Waals surface area contributed by atoms with Crippen molar-refractivity contribution in [1.82, 2.24) is 5.16 Å². The van der Waals surface area contributed by atoms with Crippen LogP contribution in [0, 0.1) is 0 Å². The Morgan fingerprint density at radius 1 is 1.22 bits per heavy atom. The molecule has 0 unspecified atom stereocenters. The van der Waals surface area contributed by atoms with Gasteiger partial charge in [-0.3, -0.25) is 4.79 Å². The number of ether oxygens (including phenoxy) is 2. The maximum Gasteiger partial charge on any atom is 0.231 e. The standard InChI is InChI=1S/C15H13NO6S/c1-23(18,19)15-9(4-5-11-14(15)21-7-20-11)12(17)10-6-16-22-13(10)8-2-3-8/h4-6,8H,2-3,7H2,1H3. The summed E-state index contributed by atoms with van der Waals surface area (Å²) in [7, 11) is -3.69. The molecule has 8 heteroatoms.